The molecule has 1 fully saturated rings. The zero-order valence-corrected chi connectivity index (χ0v) is 13.7. The lowest BCUT2D eigenvalue weighted by atomic mass is 10.2. The molecule has 5 heteroatoms. The van der Waals surface area contributed by atoms with Crippen molar-refractivity contribution in [1.29, 1.82) is 0 Å². The monoisotopic (exact) mass is 305 g/mol. The van der Waals surface area contributed by atoms with Crippen LogP contribution >= 0.6 is 0 Å². The van der Waals surface area contributed by atoms with Gasteiger partial charge in [-0.25, -0.2) is 4.79 Å². The number of urea groups is 1. The molecule has 1 aliphatic heterocycles. The second-order valence-corrected chi connectivity index (χ2v) is 5.83. The van der Waals surface area contributed by atoms with Crippen molar-refractivity contribution in [3.05, 3.63) is 29.8 Å². The van der Waals surface area contributed by atoms with Crippen LogP contribution in [-0.4, -0.2) is 62.3 Å². The molecule has 1 aromatic rings. The van der Waals surface area contributed by atoms with E-state index in [1.165, 1.54) is 0 Å². The van der Waals surface area contributed by atoms with E-state index in [-0.39, 0.29) is 6.03 Å². The van der Waals surface area contributed by atoms with Gasteiger partial charge in [0.25, 0.3) is 0 Å². The van der Waals surface area contributed by atoms with Crippen LogP contribution in [0.5, 0.6) is 0 Å². The Morgan fingerprint density at radius 1 is 1.23 bits per heavy atom. The second-order valence-electron chi connectivity index (χ2n) is 5.83. The third-order valence-electron chi connectivity index (χ3n) is 4.00. The van der Waals surface area contributed by atoms with Crippen molar-refractivity contribution in [2.45, 2.75) is 19.8 Å². The van der Waals surface area contributed by atoms with E-state index in [4.69, 9.17) is 4.74 Å². The molecule has 2 amide bonds. The summed E-state index contributed by atoms with van der Waals surface area (Å²) in [4.78, 5) is 16.6. The standard InChI is InChI=1S/C17H27N3O2/c1-15-6-5-7-16(14-15)18-17(21)20-11-9-19(10-12-20)8-3-4-13-22-2/h5-7,14H,3-4,8-13H2,1-2H3,(H,18,21). The molecule has 0 unspecified atom stereocenters. The summed E-state index contributed by atoms with van der Waals surface area (Å²) in [5, 5.41) is 2.98. The van der Waals surface area contributed by atoms with Crippen LogP contribution in [0.15, 0.2) is 24.3 Å². The smallest absolute Gasteiger partial charge is 0.321 e. The fraction of sp³-hybridized carbons (Fsp3) is 0.588. The van der Waals surface area contributed by atoms with Gasteiger partial charge in [0.1, 0.15) is 0 Å². The molecule has 1 aliphatic rings. The molecule has 0 spiro atoms. The number of anilines is 1. The van der Waals surface area contributed by atoms with Crippen LogP contribution in [-0.2, 0) is 4.74 Å². The van der Waals surface area contributed by atoms with Crippen LogP contribution in [0.4, 0.5) is 10.5 Å². The number of hydrogen-bond donors (Lipinski definition) is 1. The number of piperazine rings is 1. The Hall–Kier alpha value is -1.59. The highest BCUT2D eigenvalue weighted by Crippen LogP contribution is 2.11. The van der Waals surface area contributed by atoms with Crippen molar-refractivity contribution in [1.82, 2.24) is 9.80 Å². The molecule has 1 heterocycles. The number of amides is 2. The lowest BCUT2D eigenvalue weighted by Gasteiger charge is -2.34. The molecule has 1 N–H and O–H groups in total. The summed E-state index contributed by atoms with van der Waals surface area (Å²) in [5.41, 5.74) is 2.02. The molecule has 1 aromatic carbocycles. The number of unbranched alkanes of at least 4 members (excludes halogenated alkanes) is 1. The summed E-state index contributed by atoms with van der Waals surface area (Å²) in [6.07, 6.45) is 2.26. The molecule has 1 saturated heterocycles. The number of aryl methyl sites for hydroxylation is 1. The van der Waals surface area contributed by atoms with Crippen LogP contribution in [0.1, 0.15) is 18.4 Å². The van der Waals surface area contributed by atoms with Gasteiger partial charge in [-0.05, 0) is 44.0 Å². The summed E-state index contributed by atoms with van der Waals surface area (Å²) in [5.74, 6) is 0. The SMILES string of the molecule is COCCCCN1CCN(C(=O)Nc2cccc(C)c2)CC1. The normalized spacial score (nSPS) is 15.8. The van der Waals surface area contributed by atoms with Gasteiger partial charge in [-0.15, -0.1) is 0 Å². The van der Waals surface area contributed by atoms with E-state index < -0.39 is 0 Å². The molecule has 2 rings (SSSR count). The Balaban J connectivity index is 1.71. The van der Waals surface area contributed by atoms with Gasteiger partial charge in [0.05, 0.1) is 0 Å². The van der Waals surface area contributed by atoms with Crippen LogP contribution in [0.3, 0.4) is 0 Å². The van der Waals surface area contributed by atoms with Gasteiger partial charge < -0.3 is 15.0 Å². The second kappa shape index (κ2) is 8.76. The average Bonchev–Trinajstić information content (AvgIpc) is 2.52. The van der Waals surface area contributed by atoms with E-state index in [0.29, 0.717) is 0 Å². The first-order valence-corrected chi connectivity index (χ1v) is 8.03. The number of nitrogens with one attached hydrogen (secondary N) is 1. The molecule has 0 aliphatic carbocycles. The Morgan fingerprint density at radius 3 is 2.68 bits per heavy atom. The number of ether oxygens (including phenoxy) is 1. The Kier molecular flexibility index (Phi) is 6.68. The molecular weight excluding hydrogens is 278 g/mol. The maximum absolute atomic E-state index is 12.3. The Labute approximate surface area is 133 Å². The van der Waals surface area contributed by atoms with Gasteiger partial charge >= 0.3 is 6.03 Å². The van der Waals surface area contributed by atoms with Crippen molar-refractivity contribution in [2.75, 3.05) is 51.8 Å². The summed E-state index contributed by atoms with van der Waals surface area (Å²) < 4.78 is 5.07. The van der Waals surface area contributed by atoms with Crippen LogP contribution in [0.25, 0.3) is 0 Å². The van der Waals surface area contributed by atoms with E-state index in [2.05, 4.69) is 10.2 Å². The van der Waals surface area contributed by atoms with Gasteiger partial charge in [0.2, 0.25) is 0 Å². The van der Waals surface area contributed by atoms with Gasteiger partial charge in [-0.3, -0.25) is 4.90 Å². The van der Waals surface area contributed by atoms with Crippen molar-refractivity contribution in [3.8, 4) is 0 Å². The van der Waals surface area contributed by atoms with Crippen molar-refractivity contribution >= 4 is 11.7 Å². The summed E-state index contributed by atoms with van der Waals surface area (Å²) in [7, 11) is 1.74. The third-order valence-corrected chi connectivity index (χ3v) is 4.00. The van der Waals surface area contributed by atoms with Crippen molar-refractivity contribution < 1.29 is 9.53 Å². The summed E-state index contributed by atoms with van der Waals surface area (Å²) >= 11 is 0. The predicted molar refractivity (Wildman–Crippen MR) is 89.3 cm³/mol. The van der Waals surface area contributed by atoms with E-state index in [9.17, 15) is 4.79 Å². The number of hydrogen-bond acceptors (Lipinski definition) is 3. The highest BCUT2D eigenvalue weighted by molar-refractivity contribution is 5.89. The zero-order valence-electron chi connectivity index (χ0n) is 13.7. The molecule has 0 atom stereocenters. The number of methoxy groups -OCH3 is 1. The lowest BCUT2D eigenvalue weighted by Crippen LogP contribution is -2.50. The number of nitrogens with zero attached hydrogens (tertiary/aromatic N) is 2. The average molecular weight is 305 g/mol. The van der Waals surface area contributed by atoms with E-state index >= 15 is 0 Å². The molecule has 5 nitrogen and oxygen atoms in total. The van der Waals surface area contributed by atoms with Crippen molar-refractivity contribution in [2.24, 2.45) is 0 Å². The first-order chi connectivity index (χ1) is 10.7. The topological polar surface area (TPSA) is 44.8 Å². The van der Waals surface area contributed by atoms with Crippen LogP contribution in [0.2, 0.25) is 0 Å². The Morgan fingerprint density at radius 2 is 2.00 bits per heavy atom. The van der Waals surface area contributed by atoms with E-state index in [0.717, 1.165) is 63.4 Å². The van der Waals surface area contributed by atoms with E-state index in [1.807, 2.05) is 36.1 Å². The molecule has 22 heavy (non-hydrogen) atoms. The molecule has 0 bridgehead atoms. The highest BCUT2D eigenvalue weighted by Gasteiger charge is 2.20. The van der Waals surface area contributed by atoms with Gasteiger partial charge in [-0.1, -0.05) is 12.1 Å². The quantitative estimate of drug-likeness (QED) is 0.822. The molecule has 0 aromatic heterocycles. The number of rotatable bonds is 6. The minimum atomic E-state index is 0.00429. The van der Waals surface area contributed by atoms with Gasteiger partial charge in [0, 0.05) is 45.6 Å². The van der Waals surface area contributed by atoms with Crippen LogP contribution < -0.4 is 5.32 Å². The maximum atomic E-state index is 12.3. The number of carbonyl (C=O) groups is 1. The first-order valence-electron chi connectivity index (χ1n) is 8.03. The van der Waals surface area contributed by atoms with E-state index in [1.54, 1.807) is 7.11 Å². The van der Waals surface area contributed by atoms with Crippen molar-refractivity contribution in [3.63, 3.8) is 0 Å². The first kappa shape index (κ1) is 16.8. The molecular formula is C17H27N3O2. The summed E-state index contributed by atoms with van der Waals surface area (Å²) in [6, 6.07) is 7.91. The number of carbonyl (C=O) groups excluding carboxylic acids is 1. The zero-order chi connectivity index (χ0) is 15.8. The minimum absolute atomic E-state index is 0.00429. The Bertz CT molecular complexity index is 471. The fourth-order valence-electron chi connectivity index (χ4n) is 2.68. The highest BCUT2D eigenvalue weighted by atomic mass is 16.5. The predicted octanol–water partition coefficient (Wildman–Crippen LogP) is 2.57. The fourth-order valence-corrected chi connectivity index (χ4v) is 2.68. The molecule has 0 radical (unpaired) electrons. The van der Waals surface area contributed by atoms with Gasteiger partial charge in [0.15, 0.2) is 0 Å². The number of benzene rings is 1. The van der Waals surface area contributed by atoms with Crippen LogP contribution in [0, 0.1) is 6.92 Å². The lowest BCUT2D eigenvalue weighted by molar-refractivity contribution is 0.140. The van der Waals surface area contributed by atoms with Gasteiger partial charge in [-0.2, -0.15) is 0 Å². The molecule has 122 valence electrons. The maximum Gasteiger partial charge on any atom is 0.321 e. The molecule has 0 saturated carbocycles. The summed E-state index contributed by atoms with van der Waals surface area (Å²) in [6.45, 7) is 7.44. The minimum Gasteiger partial charge on any atom is -0.385 e. The third kappa shape index (κ3) is 5.31. The largest absolute Gasteiger partial charge is 0.385 e.